The number of aliphatic imine (C=N–C) groups is 1. The van der Waals surface area contributed by atoms with Crippen LogP contribution in [0, 0.1) is 0 Å². The van der Waals surface area contributed by atoms with Crippen molar-refractivity contribution in [3.63, 3.8) is 0 Å². The van der Waals surface area contributed by atoms with Gasteiger partial charge >= 0.3 is 0 Å². The molecule has 0 fully saturated rings. The number of benzene rings is 1. The second kappa shape index (κ2) is 12.7. The molecule has 0 aromatic heterocycles. The van der Waals surface area contributed by atoms with Crippen LogP contribution >= 0.6 is 0 Å². The molecule has 0 heterocycles. The van der Waals surface area contributed by atoms with E-state index in [0.29, 0.717) is 56.7 Å². The maximum Gasteiger partial charge on any atom is 0.166 e. The van der Waals surface area contributed by atoms with Crippen molar-refractivity contribution in [1.82, 2.24) is 0 Å². The number of nitrogens with zero attached hydrogens (tertiary/aromatic N) is 1. The summed E-state index contributed by atoms with van der Waals surface area (Å²) >= 11 is 0. The van der Waals surface area contributed by atoms with Gasteiger partial charge in [0.2, 0.25) is 0 Å². The van der Waals surface area contributed by atoms with E-state index < -0.39 is 0 Å². The molecule has 1 unspecified atom stereocenters. The number of methoxy groups -OCH3 is 1. The summed E-state index contributed by atoms with van der Waals surface area (Å²) in [5.41, 5.74) is 1.24. The highest BCUT2D eigenvalue weighted by Crippen LogP contribution is 2.30. The molecule has 7 nitrogen and oxygen atoms in total. The molecule has 0 amide bonds. The molecule has 25 heavy (non-hydrogen) atoms. The molecule has 0 aliphatic rings. The molecule has 0 aliphatic carbocycles. The number of hydrogen-bond donors (Lipinski definition) is 2. The van der Waals surface area contributed by atoms with E-state index in [2.05, 4.69) is 4.99 Å². The lowest BCUT2D eigenvalue weighted by Crippen LogP contribution is -2.12. The normalized spacial score (nSPS) is 13.0. The Balaban J connectivity index is 2.40. The van der Waals surface area contributed by atoms with Gasteiger partial charge in [0.25, 0.3) is 0 Å². The van der Waals surface area contributed by atoms with Gasteiger partial charge in [0.15, 0.2) is 11.5 Å². The van der Waals surface area contributed by atoms with Gasteiger partial charge in [0.05, 0.1) is 45.7 Å². The van der Waals surface area contributed by atoms with Gasteiger partial charge in [-0.25, -0.2) is 0 Å². The number of aromatic hydroxyl groups is 1. The zero-order chi connectivity index (χ0) is 18.5. The Labute approximate surface area is 149 Å². The first-order valence-electron chi connectivity index (χ1n) is 8.35. The van der Waals surface area contributed by atoms with Crippen LogP contribution in [0.3, 0.4) is 0 Å². The maximum absolute atomic E-state index is 10.3. The third-order valence-electron chi connectivity index (χ3n) is 3.36. The highest BCUT2D eigenvalue weighted by atomic mass is 16.6. The number of para-hydroxylation sites is 1. The molecule has 1 atom stereocenters. The number of ether oxygens (including phenoxy) is 4. The van der Waals surface area contributed by atoms with E-state index in [1.165, 1.54) is 0 Å². The van der Waals surface area contributed by atoms with Gasteiger partial charge in [-0.15, -0.1) is 0 Å². The lowest BCUT2D eigenvalue weighted by atomic mass is 10.1. The summed E-state index contributed by atoms with van der Waals surface area (Å²) < 4.78 is 21.1. The molecule has 1 aromatic rings. The van der Waals surface area contributed by atoms with Gasteiger partial charge in [0.1, 0.15) is 6.61 Å². The second-order valence-corrected chi connectivity index (χ2v) is 5.46. The van der Waals surface area contributed by atoms with Gasteiger partial charge in [-0.1, -0.05) is 6.07 Å². The van der Waals surface area contributed by atoms with Gasteiger partial charge in [0, 0.05) is 18.4 Å². The van der Waals surface area contributed by atoms with Crippen LogP contribution in [0.5, 0.6) is 11.5 Å². The molecule has 1 aromatic carbocycles. The lowest BCUT2D eigenvalue weighted by Gasteiger charge is -2.12. The van der Waals surface area contributed by atoms with Crippen molar-refractivity contribution in [2.75, 3.05) is 53.4 Å². The molecule has 0 aliphatic heterocycles. The average Bonchev–Trinajstić information content (AvgIpc) is 2.61. The molecule has 0 saturated heterocycles. The quantitative estimate of drug-likeness (QED) is 0.413. The Hall–Kier alpha value is -1.67. The highest BCUT2D eigenvalue weighted by Gasteiger charge is 2.11. The van der Waals surface area contributed by atoms with Crippen LogP contribution in [0.1, 0.15) is 19.4 Å². The van der Waals surface area contributed by atoms with Crippen LogP contribution in [0.25, 0.3) is 0 Å². The summed E-state index contributed by atoms with van der Waals surface area (Å²) in [7, 11) is 1.63. The summed E-state index contributed by atoms with van der Waals surface area (Å²) in [6, 6.07) is 5.02. The molecular formula is C18H29NO6. The van der Waals surface area contributed by atoms with Crippen LogP contribution in [0.15, 0.2) is 23.2 Å². The van der Waals surface area contributed by atoms with Crippen LogP contribution in [-0.4, -0.2) is 75.3 Å². The fraction of sp³-hybridized carbons (Fsp3) is 0.611. The zero-order valence-electron chi connectivity index (χ0n) is 15.2. The molecule has 0 spiro atoms. The fourth-order valence-corrected chi connectivity index (χ4v) is 2.05. The summed E-state index contributed by atoms with van der Waals surface area (Å²) in [6.07, 6.45) is 0. The number of hydrogen-bond acceptors (Lipinski definition) is 7. The predicted molar refractivity (Wildman–Crippen MR) is 95.9 cm³/mol. The third kappa shape index (κ3) is 8.31. The van der Waals surface area contributed by atoms with Gasteiger partial charge in [-0.05, 0) is 26.0 Å². The molecule has 142 valence electrons. The van der Waals surface area contributed by atoms with Crippen molar-refractivity contribution in [3.8, 4) is 11.5 Å². The van der Waals surface area contributed by atoms with Crippen LogP contribution in [-0.2, 0) is 14.2 Å². The maximum atomic E-state index is 10.3. The predicted octanol–water partition coefficient (Wildman–Crippen LogP) is 1.64. The van der Waals surface area contributed by atoms with Gasteiger partial charge < -0.3 is 29.2 Å². The summed E-state index contributed by atoms with van der Waals surface area (Å²) in [5, 5.41) is 19.4. The van der Waals surface area contributed by atoms with Gasteiger partial charge in [-0.2, -0.15) is 0 Å². The van der Waals surface area contributed by atoms with Crippen LogP contribution in [0.2, 0.25) is 0 Å². The fourth-order valence-electron chi connectivity index (χ4n) is 2.05. The van der Waals surface area contributed by atoms with Crippen molar-refractivity contribution < 1.29 is 29.2 Å². The Bertz CT molecular complexity index is 520. The molecule has 0 radical (unpaired) electrons. The SMILES string of the molecule is COCCOCCOCCOc1cccc(C(C)=NC(C)CO)c1O. The minimum absolute atomic E-state index is 0.0387. The number of phenolic OH excluding ortho intramolecular Hbond substituents is 1. The van der Waals surface area contributed by atoms with E-state index in [1.54, 1.807) is 39.2 Å². The number of aliphatic hydroxyl groups is 1. The highest BCUT2D eigenvalue weighted by molar-refractivity contribution is 6.01. The summed E-state index contributed by atoms with van der Waals surface area (Å²) in [6.45, 7) is 6.36. The number of aliphatic hydroxyl groups excluding tert-OH is 1. The first-order chi connectivity index (χ1) is 12.1. The first kappa shape index (κ1) is 21.4. The lowest BCUT2D eigenvalue weighted by molar-refractivity contribution is 0.0178. The van der Waals surface area contributed by atoms with E-state index in [0.717, 1.165) is 0 Å². The van der Waals surface area contributed by atoms with E-state index >= 15 is 0 Å². The number of rotatable bonds is 13. The molecule has 0 saturated carbocycles. The van der Waals surface area contributed by atoms with Crippen molar-refractivity contribution in [2.24, 2.45) is 4.99 Å². The largest absolute Gasteiger partial charge is 0.504 e. The van der Waals surface area contributed by atoms with Crippen molar-refractivity contribution >= 4 is 5.71 Å². The second-order valence-electron chi connectivity index (χ2n) is 5.46. The minimum Gasteiger partial charge on any atom is -0.504 e. The smallest absolute Gasteiger partial charge is 0.166 e. The molecular weight excluding hydrogens is 326 g/mol. The summed E-state index contributed by atoms with van der Waals surface area (Å²) in [4.78, 5) is 4.32. The van der Waals surface area contributed by atoms with Crippen molar-refractivity contribution in [3.05, 3.63) is 23.8 Å². The number of phenols is 1. The van der Waals surface area contributed by atoms with Crippen LogP contribution in [0.4, 0.5) is 0 Å². The van der Waals surface area contributed by atoms with Gasteiger partial charge in [-0.3, -0.25) is 4.99 Å². The van der Waals surface area contributed by atoms with E-state index in [-0.39, 0.29) is 18.4 Å². The topological polar surface area (TPSA) is 89.7 Å². The Morgan fingerprint density at radius 2 is 1.72 bits per heavy atom. The Morgan fingerprint density at radius 3 is 2.36 bits per heavy atom. The third-order valence-corrected chi connectivity index (χ3v) is 3.36. The first-order valence-corrected chi connectivity index (χ1v) is 8.35. The average molecular weight is 355 g/mol. The van der Waals surface area contributed by atoms with Crippen molar-refractivity contribution in [2.45, 2.75) is 19.9 Å². The van der Waals surface area contributed by atoms with E-state index in [4.69, 9.17) is 24.1 Å². The van der Waals surface area contributed by atoms with Crippen molar-refractivity contribution in [1.29, 1.82) is 0 Å². The molecule has 2 N–H and O–H groups in total. The molecule has 7 heteroatoms. The minimum atomic E-state index is -0.219. The monoisotopic (exact) mass is 355 g/mol. The molecule has 0 bridgehead atoms. The van der Waals surface area contributed by atoms with E-state index in [1.807, 2.05) is 0 Å². The Kier molecular flexibility index (Phi) is 10.8. The van der Waals surface area contributed by atoms with Crippen LogP contribution < -0.4 is 4.74 Å². The zero-order valence-corrected chi connectivity index (χ0v) is 15.2. The standard InChI is InChI=1S/C18H29NO6/c1-14(13-20)19-15(2)16-5-4-6-17(18(16)21)25-12-11-24-10-9-23-8-7-22-3/h4-6,14,20-21H,7-13H2,1-3H3. The van der Waals surface area contributed by atoms with E-state index in [9.17, 15) is 5.11 Å². The Morgan fingerprint density at radius 1 is 1.08 bits per heavy atom. The summed E-state index contributed by atoms with van der Waals surface area (Å²) in [5.74, 6) is 0.417. The molecule has 1 rings (SSSR count).